The number of β-amino-alcohol motifs (C(OH)–C–C–N with tert-alkyl or cyclic N) is 1. The lowest BCUT2D eigenvalue weighted by molar-refractivity contribution is 0.0252. The fourth-order valence-electron chi connectivity index (χ4n) is 4.62. The smallest absolute Gasteiger partial charge is 0.161 e. The second-order valence-electron chi connectivity index (χ2n) is 9.53. The van der Waals surface area contributed by atoms with Gasteiger partial charge in [-0.2, -0.15) is 0 Å². The Kier molecular flexibility index (Phi) is 9.79. The molecule has 7 nitrogen and oxygen atoms in total. The number of aliphatic hydroxyl groups excluding tert-OH is 1. The Morgan fingerprint density at radius 2 is 1.76 bits per heavy atom. The lowest BCUT2D eigenvalue weighted by Gasteiger charge is -2.37. The molecular weight excluding hydrogens is 464 g/mol. The highest BCUT2D eigenvalue weighted by molar-refractivity contribution is 5.61. The molecule has 0 aliphatic carbocycles. The van der Waals surface area contributed by atoms with Gasteiger partial charge >= 0.3 is 0 Å². The van der Waals surface area contributed by atoms with Crippen molar-refractivity contribution in [2.24, 2.45) is 0 Å². The van der Waals surface area contributed by atoms with Crippen molar-refractivity contribution in [3.8, 4) is 11.4 Å². The van der Waals surface area contributed by atoms with E-state index in [1.54, 1.807) is 13.2 Å². The molecule has 1 atom stereocenters. The molecule has 1 saturated heterocycles. The largest absolute Gasteiger partial charge is 0.389 e. The highest BCUT2D eigenvalue weighted by atomic mass is 16.5. The van der Waals surface area contributed by atoms with E-state index in [4.69, 9.17) is 19.4 Å². The number of anilines is 1. The van der Waals surface area contributed by atoms with Crippen LogP contribution in [0, 0.1) is 6.92 Å². The molecule has 2 heterocycles. The molecule has 0 amide bonds. The maximum atomic E-state index is 10.3. The van der Waals surface area contributed by atoms with Gasteiger partial charge in [0, 0.05) is 57.4 Å². The molecule has 7 heteroatoms. The van der Waals surface area contributed by atoms with Gasteiger partial charge in [-0.05, 0) is 12.5 Å². The van der Waals surface area contributed by atoms with Crippen molar-refractivity contribution < 1.29 is 14.6 Å². The Balaban J connectivity index is 1.60. The van der Waals surface area contributed by atoms with Crippen molar-refractivity contribution in [2.45, 2.75) is 26.1 Å². The molecule has 2 aromatic carbocycles. The van der Waals surface area contributed by atoms with Crippen LogP contribution < -0.4 is 4.90 Å². The minimum absolute atomic E-state index is 0.319. The first-order chi connectivity index (χ1) is 18.1. The zero-order chi connectivity index (χ0) is 26.0. The van der Waals surface area contributed by atoms with Crippen LogP contribution in [-0.4, -0.2) is 79.1 Å². The summed E-state index contributed by atoms with van der Waals surface area (Å²) in [5, 5.41) is 10.3. The monoisotopic (exact) mass is 502 g/mol. The Hall–Kier alpha value is -3.10. The zero-order valence-electron chi connectivity index (χ0n) is 22.0. The van der Waals surface area contributed by atoms with E-state index in [0.717, 1.165) is 55.2 Å². The standard InChI is InChI=1S/C30H38N4O3/c1-4-18-37-21-26(35)20-33-14-16-34(17-15-33)30-27(19-24-12-10-23(2)11-13-24)28(22-36-3)31-29(32-30)25-8-6-5-7-9-25/h4-13,26,35H,1,14-22H2,2-3H3. The first-order valence-corrected chi connectivity index (χ1v) is 12.9. The van der Waals surface area contributed by atoms with Gasteiger partial charge in [0.2, 0.25) is 0 Å². The summed E-state index contributed by atoms with van der Waals surface area (Å²) < 4.78 is 11.0. The number of hydrogen-bond acceptors (Lipinski definition) is 7. The van der Waals surface area contributed by atoms with Crippen LogP contribution in [-0.2, 0) is 22.5 Å². The maximum Gasteiger partial charge on any atom is 0.161 e. The number of hydrogen-bond donors (Lipinski definition) is 1. The number of piperazine rings is 1. The molecule has 0 spiro atoms. The quantitative estimate of drug-likeness (QED) is 0.298. The van der Waals surface area contributed by atoms with E-state index in [9.17, 15) is 5.11 Å². The summed E-state index contributed by atoms with van der Waals surface area (Å²) in [4.78, 5) is 14.7. The maximum absolute atomic E-state index is 10.3. The van der Waals surface area contributed by atoms with Crippen molar-refractivity contribution >= 4 is 5.82 Å². The van der Waals surface area contributed by atoms with E-state index < -0.39 is 6.10 Å². The molecule has 1 aliphatic heterocycles. The molecule has 1 unspecified atom stereocenters. The van der Waals surface area contributed by atoms with Crippen LogP contribution in [0.25, 0.3) is 11.4 Å². The molecule has 1 aromatic heterocycles. The molecule has 0 saturated carbocycles. The predicted molar refractivity (Wildman–Crippen MR) is 148 cm³/mol. The fraction of sp³-hybridized carbons (Fsp3) is 0.400. The summed E-state index contributed by atoms with van der Waals surface area (Å²) in [7, 11) is 1.71. The number of ether oxygens (including phenoxy) is 2. The molecule has 4 rings (SSSR count). The Morgan fingerprint density at radius 3 is 2.43 bits per heavy atom. The van der Waals surface area contributed by atoms with E-state index in [1.807, 2.05) is 30.3 Å². The number of aromatic nitrogens is 2. The van der Waals surface area contributed by atoms with Crippen LogP contribution in [0.2, 0.25) is 0 Å². The van der Waals surface area contributed by atoms with Crippen molar-refractivity contribution in [3.05, 3.63) is 89.6 Å². The first kappa shape index (κ1) is 26.9. The lowest BCUT2D eigenvalue weighted by atomic mass is 10.0. The predicted octanol–water partition coefficient (Wildman–Crippen LogP) is 3.87. The summed E-state index contributed by atoms with van der Waals surface area (Å²) in [6.07, 6.45) is 1.92. The third-order valence-corrected chi connectivity index (χ3v) is 6.57. The summed E-state index contributed by atoms with van der Waals surface area (Å²) >= 11 is 0. The minimum Gasteiger partial charge on any atom is -0.389 e. The van der Waals surface area contributed by atoms with Crippen LogP contribution in [0.1, 0.15) is 22.4 Å². The third-order valence-electron chi connectivity index (χ3n) is 6.57. The van der Waals surface area contributed by atoms with Gasteiger partial charge in [0.05, 0.1) is 31.6 Å². The number of methoxy groups -OCH3 is 1. The van der Waals surface area contributed by atoms with Gasteiger partial charge in [-0.3, -0.25) is 4.90 Å². The van der Waals surface area contributed by atoms with Crippen molar-refractivity contribution in [1.29, 1.82) is 0 Å². The summed E-state index contributed by atoms with van der Waals surface area (Å²) in [5.41, 5.74) is 5.48. The Morgan fingerprint density at radius 1 is 1.03 bits per heavy atom. The average molecular weight is 503 g/mol. The van der Waals surface area contributed by atoms with Gasteiger partial charge in [-0.25, -0.2) is 9.97 Å². The second kappa shape index (κ2) is 13.4. The van der Waals surface area contributed by atoms with E-state index in [1.165, 1.54) is 11.1 Å². The topological polar surface area (TPSA) is 71.0 Å². The molecule has 196 valence electrons. The lowest BCUT2D eigenvalue weighted by Crippen LogP contribution is -2.49. The van der Waals surface area contributed by atoms with Gasteiger partial charge in [0.1, 0.15) is 5.82 Å². The molecule has 1 fully saturated rings. The van der Waals surface area contributed by atoms with Gasteiger partial charge in [-0.15, -0.1) is 6.58 Å². The molecular formula is C30H38N4O3. The molecule has 37 heavy (non-hydrogen) atoms. The van der Waals surface area contributed by atoms with Gasteiger partial charge < -0.3 is 19.5 Å². The highest BCUT2D eigenvalue weighted by Crippen LogP contribution is 2.29. The molecule has 1 N–H and O–H groups in total. The zero-order valence-corrected chi connectivity index (χ0v) is 22.0. The SMILES string of the molecule is C=CCOCC(O)CN1CCN(c2nc(-c3ccccc3)nc(COC)c2Cc2ccc(C)cc2)CC1. The first-order valence-electron chi connectivity index (χ1n) is 12.9. The average Bonchev–Trinajstić information content (AvgIpc) is 2.92. The van der Waals surface area contributed by atoms with E-state index >= 15 is 0 Å². The molecule has 0 bridgehead atoms. The van der Waals surface area contributed by atoms with Crippen LogP contribution in [0.4, 0.5) is 5.82 Å². The van der Waals surface area contributed by atoms with Crippen molar-refractivity contribution in [2.75, 3.05) is 57.9 Å². The Labute approximate surface area is 220 Å². The fourth-order valence-corrected chi connectivity index (χ4v) is 4.62. The third kappa shape index (κ3) is 7.46. The number of nitrogens with zero attached hydrogens (tertiary/aromatic N) is 4. The van der Waals surface area contributed by atoms with Crippen molar-refractivity contribution in [1.82, 2.24) is 14.9 Å². The van der Waals surface area contributed by atoms with Gasteiger partial charge in [0.25, 0.3) is 0 Å². The second-order valence-corrected chi connectivity index (χ2v) is 9.53. The van der Waals surface area contributed by atoms with Crippen LogP contribution in [0.15, 0.2) is 67.3 Å². The molecule has 3 aromatic rings. The Bertz CT molecular complexity index is 1130. The van der Waals surface area contributed by atoms with Gasteiger partial charge in [0.15, 0.2) is 5.82 Å². The van der Waals surface area contributed by atoms with E-state index in [2.05, 4.69) is 47.6 Å². The van der Waals surface area contributed by atoms with E-state index in [0.29, 0.717) is 32.2 Å². The molecule has 1 aliphatic rings. The number of aryl methyl sites for hydroxylation is 1. The number of aliphatic hydroxyl groups is 1. The summed E-state index contributed by atoms with van der Waals surface area (Å²) in [5.74, 6) is 1.68. The number of rotatable bonds is 12. The van der Waals surface area contributed by atoms with Crippen LogP contribution in [0.3, 0.4) is 0 Å². The van der Waals surface area contributed by atoms with E-state index in [-0.39, 0.29) is 0 Å². The van der Waals surface area contributed by atoms with Gasteiger partial charge in [-0.1, -0.05) is 66.2 Å². The van der Waals surface area contributed by atoms with Crippen LogP contribution in [0.5, 0.6) is 0 Å². The normalized spacial score (nSPS) is 15.1. The minimum atomic E-state index is -0.513. The highest BCUT2D eigenvalue weighted by Gasteiger charge is 2.25. The summed E-state index contributed by atoms with van der Waals surface area (Å²) in [6, 6.07) is 18.8. The number of benzene rings is 2. The van der Waals surface area contributed by atoms with Crippen molar-refractivity contribution in [3.63, 3.8) is 0 Å². The van der Waals surface area contributed by atoms with Crippen LogP contribution >= 0.6 is 0 Å². The molecule has 0 radical (unpaired) electrons. The summed E-state index contributed by atoms with van der Waals surface area (Å²) in [6.45, 7) is 10.9.